The quantitative estimate of drug-likeness (QED) is 0.802. The van der Waals surface area contributed by atoms with Crippen LogP contribution in [0.1, 0.15) is 33.3 Å². The molecule has 1 saturated heterocycles. The fourth-order valence-corrected chi connectivity index (χ4v) is 2.73. The van der Waals surface area contributed by atoms with E-state index in [0.717, 1.165) is 11.0 Å². The van der Waals surface area contributed by atoms with Crippen molar-refractivity contribution in [3.63, 3.8) is 0 Å². The molecule has 1 aliphatic heterocycles. The van der Waals surface area contributed by atoms with Crippen LogP contribution in [0, 0.1) is 17.6 Å². The lowest BCUT2D eigenvalue weighted by Gasteiger charge is -2.35. The molecule has 2 rings (SSSR count). The highest BCUT2D eigenvalue weighted by molar-refractivity contribution is 6.06. The zero-order chi connectivity index (χ0) is 16.7. The molecule has 4 nitrogen and oxygen atoms in total. The second-order valence-electron chi connectivity index (χ2n) is 5.93. The molecule has 1 aromatic carbocycles. The van der Waals surface area contributed by atoms with Crippen molar-refractivity contribution in [2.45, 2.75) is 39.8 Å². The van der Waals surface area contributed by atoms with Crippen LogP contribution in [0.25, 0.3) is 0 Å². The molecule has 1 aliphatic rings. The maximum Gasteiger partial charge on any atom is 0.327 e. The van der Waals surface area contributed by atoms with Crippen molar-refractivity contribution >= 4 is 11.9 Å². The Kier molecular flexibility index (Phi) is 4.22. The summed E-state index contributed by atoms with van der Waals surface area (Å²) < 4.78 is 27.3. The predicted molar refractivity (Wildman–Crippen MR) is 77.9 cm³/mol. The number of nitrogens with zero attached hydrogens (tertiary/aromatic N) is 2. The third-order valence-electron chi connectivity index (χ3n) is 4.50. The largest absolute Gasteiger partial charge is 0.327 e. The van der Waals surface area contributed by atoms with Crippen molar-refractivity contribution in [1.82, 2.24) is 9.80 Å². The molecule has 1 aromatic rings. The van der Waals surface area contributed by atoms with Gasteiger partial charge in [-0.3, -0.25) is 9.69 Å². The van der Waals surface area contributed by atoms with Crippen LogP contribution < -0.4 is 0 Å². The van der Waals surface area contributed by atoms with Crippen LogP contribution in [0.4, 0.5) is 13.6 Å². The van der Waals surface area contributed by atoms with Gasteiger partial charge in [-0.15, -0.1) is 0 Å². The zero-order valence-corrected chi connectivity index (χ0v) is 13.2. The topological polar surface area (TPSA) is 40.6 Å². The number of amides is 3. The van der Waals surface area contributed by atoms with Gasteiger partial charge in [-0.1, -0.05) is 26.0 Å². The van der Waals surface area contributed by atoms with Crippen LogP contribution >= 0.6 is 0 Å². The minimum absolute atomic E-state index is 0.0611. The third kappa shape index (κ3) is 2.26. The molecule has 0 N–H and O–H groups in total. The van der Waals surface area contributed by atoms with E-state index in [4.69, 9.17) is 0 Å². The molecule has 6 heteroatoms. The summed E-state index contributed by atoms with van der Waals surface area (Å²) in [5.41, 5.74) is -1.00. The molecule has 1 heterocycles. The number of likely N-dealkylation sites (N-methyl/N-ethyl adjacent to an activating group) is 1. The fraction of sp³-hybridized carbons (Fsp3) is 0.500. The smallest absolute Gasteiger partial charge is 0.305 e. The number of halogens is 2. The highest BCUT2D eigenvalue weighted by Crippen LogP contribution is 2.35. The summed E-state index contributed by atoms with van der Waals surface area (Å²) in [5.74, 6) is -2.40. The van der Waals surface area contributed by atoms with Gasteiger partial charge in [-0.2, -0.15) is 0 Å². The van der Waals surface area contributed by atoms with E-state index in [9.17, 15) is 18.4 Å². The van der Waals surface area contributed by atoms with Crippen molar-refractivity contribution in [1.29, 1.82) is 0 Å². The average Bonchev–Trinajstić information content (AvgIpc) is 2.65. The van der Waals surface area contributed by atoms with Crippen LogP contribution in [0.3, 0.4) is 0 Å². The van der Waals surface area contributed by atoms with Crippen molar-refractivity contribution in [3.8, 4) is 0 Å². The standard InChI is InChI=1S/C16H20F2N2O2/c1-5-19-14(21)16(4,10(2)3)20(15(19)22)9-11-7-6-8-12(17)13(11)18/h6-8,10H,5,9H2,1-4H3. The van der Waals surface area contributed by atoms with Crippen LogP contribution in [0.2, 0.25) is 0 Å². The van der Waals surface area contributed by atoms with Gasteiger partial charge in [0.15, 0.2) is 11.6 Å². The molecule has 120 valence electrons. The SMILES string of the molecule is CCN1C(=O)N(Cc2cccc(F)c2F)C(C)(C(C)C)C1=O. The Morgan fingerprint density at radius 3 is 2.41 bits per heavy atom. The van der Waals surface area contributed by atoms with Gasteiger partial charge >= 0.3 is 6.03 Å². The number of carbonyl (C=O) groups is 2. The molecule has 3 amide bonds. The van der Waals surface area contributed by atoms with Gasteiger partial charge in [-0.05, 0) is 25.8 Å². The lowest BCUT2D eigenvalue weighted by atomic mass is 9.86. The molecule has 0 radical (unpaired) electrons. The van der Waals surface area contributed by atoms with Crippen molar-refractivity contribution in [2.24, 2.45) is 5.92 Å². The van der Waals surface area contributed by atoms with Crippen molar-refractivity contribution in [2.75, 3.05) is 6.54 Å². The van der Waals surface area contributed by atoms with E-state index in [1.54, 1.807) is 13.8 Å². The minimum Gasteiger partial charge on any atom is -0.305 e. The van der Waals surface area contributed by atoms with E-state index >= 15 is 0 Å². The first-order valence-corrected chi connectivity index (χ1v) is 7.31. The number of benzene rings is 1. The van der Waals surface area contributed by atoms with E-state index in [2.05, 4.69) is 0 Å². The van der Waals surface area contributed by atoms with E-state index in [-0.39, 0.29) is 30.5 Å². The van der Waals surface area contributed by atoms with Crippen LogP contribution in [-0.2, 0) is 11.3 Å². The Hall–Kier alpha value is -1.98. The average molecular weight is 310 g/mol. The number of imide groups is 1. The van der Waals surface area contributed by atoms with E-state index < -0.39 is 23.2 Å². The Morgan fingerprint density at radius 1 is 1.23 bits per heavy atom. The van der Waals surface area contributed by atoms with Gasteiger partial charge < -0.3 is 4.90 Å². The van der Waals surface area contributed by atoms with Gasteiger partial charge in [0.25, 0.3) is 5.91 Å². The van der Waals surface area contributed by atoms with Gasteiger partial charge in [-0.25, -0.2) is 13.6 Å². The summed E-state index contributed by atoms with van der Waals surface area (Å²) in [5, 5.41) is 0. The van der Waals surface area contributed by atoms with Gasteiger partial charge in [0.2, 0.25) is 0 Å². The molecular formula is C16H20F2N2O2. The van der Waals surface area contributed by atoms with E-state index in [1.807, 2.05) is 13.8 Å². The van der Waals surface area contributed by atoms with E-state index in [1.165, 1.54) is 17.0 Å². The van der Waals surface area contributed by atoms with Crippen molar-refractivity contribution < 1.29 is 18.4 Å². The first-order valence-electron chi connectivity index (χ1n) is 7.31. The lowest BCUT2D eigenvalue weighted by Crippen LogP contribution is -2.50. The Balaban J connectivity index is 2.45. The predicted octanol–water partition coefficient (Wildman–Crippen LogP) is 3.16. The Labute approximate surface area is 128 Å². The normalized spacial score (nSPS) is 22.1. The molecule has 1 atom stereocenters. The third-order valence-corrected chi connectivity index (χ3v) is 4.50. The summed E-state index contributed by atoms with van der Waals surface area (Å²) >= 11 is 0. The maximum atomic E-state index is 13.9. The number of urea groups is 1. The molecule has 1 fully saturated rings. The summed E-state index contributed by atoms with van der Waals surface area (Å²) in [6.07, 6.45) is 0. The Morgan fingerprint density at radius 2 is 1.86 bits per heavy atom. The number of hydrogen-bond acceptors (Lipinski definition) is 2. The number of carbonyl (C=O) groups excluding carboxylic acids is 2. The maximum absolute atomic E-state index is 13.9. The van der Waals surface area contributed by atoms with Crippen molar-refractivity contribution in [3.05, 3.63) is 35.4 Å². The van der Waals surface area contributed by atoms with Crippen LogP contribution in [-0.4, -0.2) is 33.8 Å². The van der Waals surface area contributed by atoms with Crippen LogP contribution in [0.5, 0.6) is 0 Å². The van der Waals surface area contributed by atoms with Gasteiger partial charge in [0, 0.05) is 12.1 Å². The summed E-state index contributed by atoms with van der Waals surface area (Å²) in [4.78, 5) is 27.5. The summed E-state index contributed by atoms with van der Waals surface area (Å²) in [6.45, 7) is 7.16. The van der Waals surface area contributed by atoms with Gasteiger partial charge in [0.1, 0.15) is 5.54 Å². The Bertz CT molecular complexity index is 618. The molecule has 1 unspecified atom stereocenters. The zero-order valence-electron chi connectivity index (χ0n) is 13.2. The molecule has 0 aromatic heterocycles. The highest BCUT2D eigenvalue weighted by atomic mass is 19.2. The monoisotopic (exact) mass is 310 g/mol. The second-order valence-corrected chi connectivity index (χ2v) is 5.93. The minimum atomic E-state index is -1.06. The van der Waals surface area contributed by atoms with Gasteiger partial charge in [0.05, 0.1) is 6.54 Å². The first kappa shape index (κ1) is 16.4. The number of rotatable bonds is 4. The number of hydrogen-bond donors (Lipinski definition) is 0. The lowest BCUT2D eigenvalue weighted by molar-refractivity contribution is -0.134. The van der Waals surface area contributed by atoms with Crippen LogP contribution in [0.15, 0.2) is 18.2 Å². The second kappa shape index (κ2) is 5.66. The highest BCUT2D eigenvalue weighted by Gasteiger charge is 2.55. The summed E-state index contributed by atoms with van der Waals surface area (Å²) in [7, 11) is 0. The molecular weight excluding hydrogens is 290 g/mol. The molecule has 0 bridgehead atoms. The molecule has 0 spiro atoms. The van der Waals surface area contributed by atoms with E-state index in [0.29, 0.717) is 0 Å². The first-order chi connectivity index (χ1) is 10.2. The molecule has 0 aliphatic carbocycles. The molecule has 0 saturated carbocycles. The molecule has 22 heavy (non-hydrogen) atoms. The summed E-state index contributed by atoms with van der Waals surface area (Å²) in [6, 6.07) is 3.37. The fourth-order valence-electron chi connectivity index (χ4n) is 2.73.